The Morgan fingerprint density at radius 3 is 2.74 bits per heavy atom. The van der Waals surface area contributed by atoms with Crippen LogP contribution in [0.3, 0.4) is 0 Å². The number of aryl methyl sites for hydroxylation is 1. The maximum Gasteiger partial charge on any atom is 0.269 e. The number of nitrogens with two attached hydrogens (primary N) is 1. The fourth-order valence-corrected chi connectivity index (χ4v) is 2.72. The SMILES string of the molecule is Cn1ncc(NC(=O)c2cccc(COc3cccc(Cl)c3)c2)c1C(N)=O. The van der Waals surface area contributed by atoms with Crippen molar-refractivity contribution in [1.82, 2.24) is 9.78 Å². The first-order valence-electron chi connectivity index (χ1n) is 8.04. The van der Waals surface area contributed by atoms with Crippen LogP contribution in [0.2, 0.25) is 5.02 Å². The summed E-state index contributed by atoms with van der Waals surface area (Å²) in [5, 5.41) is 7.18. The van der Waals surface area contributed by atoms with E-state index in [9.17, 15) is 9.59 Å². The average molecular weight is 385 g/mol. The number of ether oxygens (including phenoxy) is 1. The lowest BCUT2D eigenvalue weighted by atomic mass is 10.1. The van der Waals surface area contributed by atoms with Gasteiger partial charge in [-0.2, -0.15) is 5.10 Å². The smallest absolute Gasteiger partial charge is 0.269 e. The summed E-state index contributed by atoms with van der Waals surface area (Å²) in [4.78, 5) is 24.0. The third-order valence-corrected chi connectivity index (χ3v) is 4.05. The number of nitrogens with one attached hydrogen (secondary N) is 1. The van der Waals surface area contributed by atoms with Crippen LogP contribution in [0.4, 0.5) is 5.69 Å². The molecule has 3 rings (SSSR count). The second kappa shape index (κ2) is 7.92. The van der Waals surface area contributed by atoms with Crippen molar-refractivity contribution in [1.29, 1.82) is 0 Å². The average Bonchev–Trinajstić information content (AvgIpc) is 3.00. The molecule has 0 aliphatic rings. The van der Waals surface area contributed by atoms with Crippen LogP contribution in [0.1, 0.15) is 26.4 Å². The minimum atomic E-state index is -0.672. The van der Waals surface area contributed by atoms with Crippen molar-refractivity contribution in [2.45, 2.75) is 6.61 Å². The van der Waals surface area contributed by atoms with Crippen molar-refractivity contribution in [2.75, 3.05) is 5.32 Å². The molecule has 3 N–H and O–H groups in total. The Hall–Kier alpha value is -3.32. The van der Waals surface area contributed by atoms with Gasteiger partial charge in [0.05, 0.1) is 11.9 Å². The van der Waals surface area contributed by atoms with Crippen LogP contribution in [-0.2, 0) is 13.7 Å². The number of rotatable bonds is 6. The quantitative estimate of drug-likeness (QED) is 0.682. The van der Waals surface area contributed by atoms with E-state index in [0.29, 0.717) is 16.3 Å². The lowest BCUT2D eigenvalue weighted by Crippen LogP contribution is -2.20. The molecule has 0 atom stereocenters. The molecule has 1 aromatic heterocycles. The first-order chi connectivity index (χ1) is 12.9. The minimum absolute atomic E-state index is 0.129. The highest BCUT2D eigenvalue weighted by molar-refractivity contribution is 6.30. The van der Waals surface area contributed by atoms with Gasteiger partial charge in [-0.25, -0.2) is 0 Å². The van der Waals surface area contributed by atoms with Gasteiger partial charge in [-0.1, -0.05) is 29.8 Å². The van der Waals surface area contributed by atoms with Crippen molar-refractivity contribution in [3.63, 3.8) is 0 Å². The molecule has 0 bridgehead atoms. The first kappa shape index (κ1) is 18.5. The van der Waals surface area contributed by atoms with Crippen LogP contribution in [0.15, 0.2) is 54.7 Å². The van der Waals surface area contributed by atoms with Gasteiger partial charge in [0, 0.05) is 17.6 Å². The van der Waals surface area contributed by atoms with Crippen molar-refractivity contribution in [3.05, 3.63) is 76.6 Å². The largest absolute Gasteiger partial charge is 0.489 e. The number of aromatic nitrogens is 2. The van der Waals surface area contributed by atoms with E-state index in [1.165, 1.54) is 10.9 Å². The highest BCUT2D eigenvalue weighted by Crippen LogP contribution is 2.19. The topological polar surface area (TPSA) is 99.2 Å². The molecule has 0 fully saturated rings. The van der Waals surface area contributed by atoms with Gasteiger partial charge in [-0.15, -0.1) is 0 Å². The maximum atomic E-state index is 12.5. The van der Waals surface area contributed by atoms with Gasteiger partial charge in [0.2, 0.25) is 0 Å². The van der Waals surface area contributed by atoms with Gasteiger partial charge in [0.1, 0.15) is 18.1 Å². The molecule has 0 saturated heterocycles. The van der Waals surface area contributed by atoms with E-state index < -0.39 is 5.91 Å². The van der Waals surface area contributed by atoms with Crippen molar-refractivity contribution in [2.24, 2.45) is 12.8 Å². The molecule has 0 spiro atoms. The van der Waals surface area contributed by atoms with Crippen LogP contribution >= 0.6 is 11.6 Å². The predicted molar refractivity (Wildman–Crippen MR) is 102 cm³/mol. The molecule has 2 aromatic carbocycles. The lowest BCUT2D eigenvalue weighted by molar-refractivity contribution is 0.0992. The van der Waals surface area contributed by atoms with Gasteiger partial charge >= 0.3 is 0 Å². The fourth-order valence-electron chi connectivity index (χ4n) is 2.54. The summed E-state index contributed by atoms with van der Waals surface area (Å²) in [5.74, 6) is -0.414. The molecule has 0 aliphatic heterocycles. The summed E-state index contributed by atoms with van der Waals surface area (Å²) in [5.41, 5.74) is 6.94. The zero-order valence-corrected chi connectivity index (χ0v) is 15.2. The van der Waals surface area contributed by atoms with Gasteiger partial charge in [-0.3, -0.25) is 14.3 Å². The molecule has 0 aliphatic carbocycles. The number of carbonyl (C=O) groups excluding carboxylic acids is 2. The predicted octanol–water partition coefficient (Wildman–Crippen LogP) is 3.00. The van der Waals surface area contributed by atoms with Crippen LogP contribution in [0.5, 0.6) is 5.75 Å². The zero-order valence-electron chi connectivity index (χ0n) is 14.5. The Labute approximate surface area is 160 Å². The van der Waals surface area contributed by atoms with Gasteiger partial charge < -0.3 is 15.8 Å². The molecular formula is C19H17ClN4O3. The molecule has 0 saturated carbocycles. The molecule has 1 heterocycles. The highest BCUT2D eigenvalue weighted by Gasteiger charge is 2.17. The van der Waals surface area contributed by atoms with E-state index in [1.54, 1.807) is 49.5 Å². The summed E-state index contributed by atoms with van der Waals surface area (Å²) in [6, 6.07) is 14.1. The molecule has 2 amide bonds. The maximum absolute atomic E-state index is 12.5. The molecule has 138 valence electrons. The number of primary amides is 1. The van der Waals surface area contributed by atoms with Crippen LogP contribution in [0, 0.1) is 0 Å². The number of hydrogen-bond donors (Lipinski definition) is 2. The Balaban J connectivity index is 1.71. The Morgan fingerprint density at radius 2 is 2.00 bits per heavy atom. The monoisotopic (exact) mass is 384 g/mol. The number of anilines is 1. The van der Waals surface area contributed by atoms with E-state index in [-0.39, 0.29) is 23.9 Å². The molecular weight excluding hydrogens is 368 g/mol. The third-order valence-electron chi connectivity index (χ3n) is 3.81. The summed E-state index contributed by atoms with van der Waals surface area (Å²) < 4.78 is 7.00. The van der Waals surface area contributed by atoms with Crippen LogP contribution in [0.25, 0.3) is 0 Å². The number of nitrogens with zero attached hydrogens (tertiary/aromatic N) is 2. The molecule has 27 heavy (non-hydrogen) atoms. The number of halogens is 1. The lowest BCUT2D eigenvalue weighted by Gasteiger charge is -2.09. The van der Waals surface area contributed by atoms with Crippen LogP contribution < -0.4 is 15.8 Å². The number of hydrogen-bond acceptors (Lipinski definition) is 4. The van der Waals surface area contributed by atoms with E-state index in [1.807, 2.05) is 6.07 Å². The highest BCUT2D eigenvalue weighted by atomic mass is 35.5. The standard InChI is InChI=1S/C19H17ClN4O3/c1-24-17(18(21)25)16(10-22-24)23-19(26)13-5-2-4-12(8-13)11-27-15-7-3-6-14(20)9-15/h2-10H,11H2,1H3,(H2,21,25)(H,23,26). The van der Waals surface area contributed by atoms with Crippen molar-refractivity contribution >= 4 is 29.1 Å². The van der Waals surface area contributed by atoms with E-state index >= 15 is 0 Å². The Bertz CT molecular complexity index is 1000. The van der Waals surface area contributed by atoms with Gasteiger partial charge in [0.15, 0.2) is 0 Å². The summed E-state index contributed by atoms with van der Waals surface area (Å²) in [7, 11) is 1.57. The molecule has 0 radical (unpaired) electrons. The van der Waals surface area contributed by atoms with Gasteiger partial charge in [-0.05, 0) is 35.9 Å². The summed E-state index contributed by atoms with van der Waals surface area (Å²) >= 11 is 5.93. The number of benzene rings is 2. The number of carbonyl (C=O) groups is 2. The van der Waals surface area contributed by atoms with Crippen molar-refractivity contribution < 1.29 is 14.3 Å². The van der Waals surface area contributed by atoms with E-state index in [0.717, 1.165) is 5.56 Å². The number of amides is 2. The molecule has 7 nitrogen and oxygen atoms in total. The molecule has 8 heteroatoms. The van der Waals surface area contributed by atoms with Crippen molar-refractivity contribution in [3.8, 4) is 5.75 Å². The van der Waals surface area contributed by atoms with Gasteiger partial charge in [0.25, 0.3) is 11.8 Å². The third kappa shape index (κ3) is 4.45. The summed E-state index contributed by atoms with van der Waals surface area (Å²) in [6.45, 7) is 0.279. The zero-order chi connectivity index (χ0) is 19.4. The normalized spacial score (nSPS) is 10.4. The second-order valence-corrected chi connectivity index (χ2v) is 6.23. The second-order valence-electron chi connectivity index (χ2n) is 5.80. The minimum Gasteiger partial charge on any atom is -0.489 e. The Morgan fingerprint density at radius 1 is 1.22 bits per heavy atom. The van der Waals surface area contributed by atoms with Crippen LogP contribution in [-0.4, -0.2) is 21.6 Å². The molecule has 3 aromatic rings. The summed E-state index contributed by atoms with van der Waals surface area (Å²) in [6.07, 6.45) is 1.38. The fraction of sp³-hybridized carbons (Fsp3) is 0.105. The van der Waals surface area contributed by atoms with E-state index in [2.05, 4.69) is 10.4 Å². The first-order valence-corrected chi connectivity index (χ1v) is 8.42. The Kier molecular flexibility index (Phi) is 5.42. The molecule has 0 unspecified atom stereocenters. The van der Waals surface area contributed by atoms with E-state index in [4.69, 9.17) is 22.1 Å².